The molecule has 1 amide bonds. The van der Waals surface area contributed by atoms with E-state index < -0.39 is 6.09 Å². The molecule has 0 saturated carbocycles. The fourth-order valence-electron chi connectivity index (χ4n) is 2.50. The number of carbonyl (C=O) groups excluding carboxylic acids is 1. The van der Waals surface area contributed by atoms with Gasteiger partial charge in [0.25, 0.3) is 5.56 Å². The summed E-state index contributed by atoms with van der Waals surface area (Å²) in [6.07, 6.45) is -0.564. The van der Waals surface area contributed by atoms with Gasteiger partial charge in [-0.05, 0) is 42.8 Å². The second-order valence-electron chi connectivity index (χ2n) is 5.34. The fraction of sp³-hybridized carbons (Fsp3) is 0.176. The first-order valence-electron chi connectivity index (χ1n) is 7.58. The molecule has 25 heavy (non-hydrogen) atoms. The molecule has 1 heterocycles. The lowest BCUT2D eigenvalue weighted by molar-refractivity contribution is 0.168. The third-order valence-corrected chi connectivity index (χ3v) is 4.22. The van der Waals surface area contributed by atoms with Gasteiger partial charge in [0.05, 0.1) is 24.1 Å². The highest BCUT2D eigenvalue weighted by Gasteiger charge is 2.11. The molecule has 130 valence electrons. The number of amides is 1. The molecular weight excluding hydrogens is 365 g/mol. The van der Waals surface area contributed by atoms with E-state index in [9.17, 15) is 9.59 Å². The summed E-state index contributed by atoms with van der Waals surface area (Å²) in [6, 6.07) is 10.3. The molecule has 2 aromatic carbocycles. The van der Waals surface area contributed by atoms with Crippen LogP contribution in [0.2, 0.25) is 10.0 Å². The number of hydrogen-bond acceptors (Lipinski definition) is 3. The van der Waals surface area contributed by atoms with Crippen molar-refractivity contribution in [3.8, 4) is 0 Å². The van der Waals surface area contributed by atoms with E-state index in [1.807, 2.05) is 6.07 Å². The van der Waals surface area contributed by atoms with Crippen molar-refractivity contribution in [3.63, 3.8) is 0 Å². The third kappa shape index (κ3) is 3.81. The number of fused-ring (bicyclic) bond motifs is 1. The first-order chi connectivity index (χ1) is 12.0. The molecule has 0 fully saturated rings. The summed E-state index contributed by atoms with van der Waals surface area (Å²) in [5.41, 5.74) is 1.75. The number of rotatable bonds is 4. The molecule has 0 spiro atoms. The van der Waals surface area contributed by atoms with Crippen molar-refractivity contribution in [2.45, 2.75) is 13.5 Å². The summed E-state index contributed by atoms with van der Waals surface area (Å²) >= 11 is 12.1. The highest BCUT2D eigenvalue weighted by atomic mass is 35.5. The number of nitrogens with zero attached hydrogens (tertiary/aromatic N) is 1. The zero-order valence-electron chi connectivity index (χ0n) is 13.3. The maximum absolute atomic E-state index is 12.2. The molecule has 6 nitrogen and oxygen atoms in total. The first kappa shape index (κ1) is 17.4. The summed E-state index contributed by atoms with van der Waals surface area (Å²) < 4.78 is 6.52. The molecule has 3 rings (SSSR count). The standard InChI is InChI=1S/C17H15Cl2N3O3/c1-2-25-17(24)20-12-5-6-15-13(8-12)16(23)21-22(15)9-10-3-4-11(18)7-14(10)19/h3-8H,2,9H2,1H3,(H,20,24)(H,21,23). The molecule has 0 saturated heterocycles. The van der Waals surface area contributed by atoms with Gasteiger partial charge in [0.1, 0.15) is 0 Å². The van der Waals surface area contributed by atoms with Crippen LogP contribution in [0.4, 0.5) is 10.5 Å². The number of aromatic amines is 1. The van der Waals surface area contributed by atoms with Crippen molar-refractivity contribution < 1.29 is 9.53 Å². The largest absolute Gasteiger partial charge is 0.450 e. The lowest BCUT2D eigenvalue weighted by Crippen LogP contribution is -2.13. The van der Waals surface area contributed by atoms with Crippen molar-refractivity contribution in [3.05, 3.63) is 62.4 Å². The second kappa shape index (κ2) is 7.21. The number of benzene rings is 2. The molecule has 0 bridgehead atoms. The lowest BCUT2D eigenvalue weighted by atomic mass is 10.2. The highest BCUT2D eigenvalue weighted by Crippen LogP contribution is 2.23. The summed E-state index contributed by atoms with van der Waals surface area (Å²) in [7, 11) is 0. The van der Waals surface area contributed by atoms with Crippen LogP contribution in [0.25, 0.3) is 10.9 Å². The molecule has 3 aromatic rings. The van der Waals surface area contributed by atoms with Crippen molar-refractivity contribution in [2.75, 3.05) is 11.9 Å². The van der Waals surface area contributed by atoms with Crippen molar-refractivity contribution in [2.24, 2.45) is 0 Å². The van der Waals surface area contributed by atoms with Gasteiger partial charge in [-0.25, -0.2) is 4.79 Å². The number of nitrogens with one attached hydrogen (secondary N) is 2. The van der Waals surface area contributed by atoms with Gasteiger partial charge in [0.2, 0.25) is 0 Å². The van der Waals surface area contributed by atoms with Crippen molar-refractivity contribution in [1.82, 2.24) is 9.78 Å². The molecular formula is C17H15Cl2N3O3. The van der Waals surface area contributed by atoms with Crippen molar-refractivity contribution in [1.29, 1.82) is 0 Å². The number of hydrogen-bond donors (Lipinski definition) is 2. The number of ether oxygens (including phenoxy) is 1. The quantitative estimate of drug-likeness (QED) is 0.710. The minimum absolute atomic E-state index is 0.257. The SMILES string of the molecule is CCOC(=O)Nc1ccc2c(c1)c(=O)[nH]n2Cc1ccc(Cl)cc1Cl. The maximum atomic E-state index is 12.2. The van der Waals surface area contributed by atoms with Crippen LogP contribution >= 0.6 is 23.2 Å². The number of anilines is 1. The smallest absolute Gasteiger partial charge is 0.411 e. The fourth-order valence-corrected chi connectivity index (χ4v) is 2.97. The van der Waals surface area contributed by atoms with Crippen molar-refractivity contribution >= 4 is 45.9 Å². The Hall–Kier alpha value is -2.44. The van der Waals surface area contributed by atoms with Crippen LogP contribution in [-0.4, -0.2) is 22.5 Å². The molecule has 0 radical (unpaired) electrons. The van der Waals surface area contributed by atoms with E-state index in [0.717, 1.165) is 5.56 Å². The Bertz CT molecular complexity index is 994. The average Bonchev–Trinajstić information content (AvgIpc) is 2.86. The molecule has 2 N–H and O–H groups in total. The minimum Gasteiger partial charge on any atom is -0.450 e. The number of aromatic nitrogens is 2. The van der Waals surface area contributed by atoms with Gasteiger partial charge in [0.15, 0.2) is 0 Å². The molecule has 0 aliphatic rings. The number of carbonyl (C=O) groups is 1. The van der Waals surface area contributed by atoms with Crippen LogP contribution in [-0.2, 0) is 11.3 Å². The van der Waals surface area contributed by atoms with E-state index >= 15 is 0 Å². The lowest BCUT2D eigenvalue weighted by Gasteiger charge is -2.08. The van der Waals surface area contributed by atoms with E-state index in [2.05, 4.69) is 10.4 Å². The summed E-state index contributed by atoms with van der Waals surface area (Å²) in [5, 5.41) is 6.88. The summed E-state index contributed by atoms with van der Waals surface area (Å²) in [5.74, 6) is 0. The molecule has 0 aliphatic carbocycles. The molecule has 8 heteroatoms. The van der Waals surface area contributed by atoms with Crippen LogP contribution in [0.3, 0.4) is 0 Å². The number of H-pyrrole nitrogens is 1. The Morgan fingerprint density at radius 3 is 2.76 bits per heavy atom. The van der Waals surface area contributed by atoms with Gasteiger partial charge in [0, 0.05) is 15.7 Å². The Balaban J connectivity index is 1.93. The van der Waals surface area contributed by atoms with E-state index in [0.29, 0.717) is 33.2 Å². The molecule has 1 aromatic heterocycles. The van der Waals surface area contributed by atoms with Gasteiger partial charge in [-0.2, -0.15) is 0 Å². The van der Waals surface area contributed by atoms with Gasteiger partial charge in [-0.15, -0.1) is 0 Å². The predicted molar refractivity (Wildman–Crippen MR) is 98.8 cm³/mol. The van der Waals surface area contributed by atoms with Crippen LogP contribution in [0.5, 0.6) is 0 Å². The topological polar surface area (TPSA) is 76.1 Å². The number of halogens is 2. The van der Waals surface area contributed by atoms with Crippen LogP contribution in [0.15, 0.2) is 41.2 Å². The maximum Gasteiger partial charge on any atom is 0.411 e. The predicted octanol–water partition coefficient (Wildman–Crippen LogP) is 4.25. The highest BCUT2D eigenvalue weighted by molar-refractivity contribution is 6.35. The normalized spacial score (nSPS) is 10.8. The molecule has 0 atom stereocenters. The molecule has 0 unspecified atom stereocenters. The average molecular weight is 380 g/mol. The van der Waals surface area contributed by atoms with Gasteiger partial charge in [-0.3, -0.25) is 19.9 Å². The van der Waals surface area contributed by atoms with E-state index in [4.69, 9.17) is 27.9 Å². The van der Waals surface area contributed by atoms with Crippen LogP contribution in [0.1, 0.15) is 12.5 Å². The van der Waals surface area contributed by atoms with E-state index in [-0.39, 0.29) is 12.2 Å². The van der Waals surface area contributed by atoms with E-state index in [1.54, 1.807) is 41.9 Å². The minimum atomic E-state index is -0.564. The Morgan fingerprint density at radius 2 is 2.04 bits per heavy atom. The third-order valence-electron chi connectivity index (χ3n) is 3.63. The summed E-state index contributed by atoms with van der Waals surface area (Å²) in [6.45, 7) is 2.38. The van der Waals surface area contributed by atoms with Crippen LogP contribution in [0, 0.1) is 0 Å². The van der Waals surface area contributed by atoms with Crippen LogP contribution < -0.4 is 10.9 Å². The summed E-state index contributed by atoms with van der Waals surface area (Å²) in [4.78, 5) is 23.7. The molecule has 0 aliphatic heterocycles. The van der Waals surface area contributed by atoms with Gasteiger partial charge >= 0.3 is 6.09 Å². The Kier molecular flexibility index (Phi) is 5.01. The Morgan fingerprint density at radius 1 is 1.24 bits per heavy atom. The van der Waals surface area contributed by atoms with Gasteiger partial charge in [-0.1, -0.05) is 29.3 Å². The van der Waals surface area contributed by atoms with Gasteiger partial charge < -0.3 is 4.74 Å². The zero-order chi connectivity index (χ0) is 18.0. The zero-order valence-corrected chi connectivity index (χ0v) is 14.8. The Labute approximate surface area is 153 Å². The first-order valence-corrected chi connectivity index (χ1v) is 8.34. The second-order valence-corrected chi connectivity index (χ2v) is 6.18. The van der Waals surface area contributed by atoms with E-state index in [1.165, 1.54) is 0 Å². The monoisotopic (exact) mass is 379 g/mol.